The lowest BCUT2D eigenvalue weighted by Gasteiger charge is -2.02. The van der Waals surface area contributed by atoms with Crippen molar-refractivity contribution >= 4 is 29.6 Å². The van der Waals surface area contributed by atoms with Gasteiger partial charge in [0.05, 0.1) is 12.6 Å². The number of anilines is 2. The molecule has 0 bridgehead atoms. The Morgan fingerprint density at radius 1 is 0.909 bits per heavy atom. The number of carbonyl (C=O) groups is 2. The van der Waals surface area contributed by atoms with Crippen molar-refractivity contribution in [1.29, 1.82) is 0 Å². The number of amides is 2. The standard InChI is InChI=1S/C16H15N3O3/c20-15(18-13-7-3-1-4-8-13)11-12-17-22-16(21)19-14-9-5-2-6-10-14/h1-10,12H,11H2,(H,18,20)(H,19,21)/b17-12+. The van der Waals surface area contributed by atoms with Crippen LogP contribution >= 0.6 is 0 Å². The number of carbonyl (C=O) groups excluding carboxylic acids is 2. The lowest BCUT2D eigenvalue weighted by atomic mass is 10.3. The summed E-state index contributed by atoms with van der Waals surface area (Å²) in [6.45, 7) is 0. The molecule has 0 aromatic heterocycles. The van der Waals surface area contributed by atoms with E-state index >= 15 is 0 Å². The average molecular weight is 297 g/mol. The van der Waals surface area contributed by atoms with Gasteiger partial charge in [-0.15, -0.1) is 0 Å². The van der Waals surface area contributed by atoms with E-state index in [0.29, 0.717) is 11.4 Å². The van der Waals surface area contributed by atoms with Gasteiger partial charge in [0.1, 0.15) is 0 Å². The highest BCUT2D eigenvalue weighted by Crippen LogP contribution is 2.06. The molecule has 0 saturated carbocycles. The van der Waals surface area contributed by atoms with Crippen molar-refractivity contribution in [2.45, 2.75) is 6.42 Å². The maximum Gasteiger partial charge on any atom is 0.437 e. The predicted molar refractivity (Wildman–Crippen MR) is 84.7 cm³/mol. The maximum atomic E-state index is 11.6. The van der Waals surface area contributed by atoms with Gasteiger partial charge in [-0.25, -0.2) is 4.79 Å². The van der Waals surface area contributed by atoms with E-state index in [0.717, 1.165) is 0 Å². The van der Waals surface area contributed by atoms with Crippen LogP contribution in [0.4, 0.5) is 16.2 Å². The van der Waals surface area contributed by atoms with Crippen LogP contribution in [0.25, 0.3) is 0 Å². The zero-order valence-electron chi connectivity index (χ0n) is 11.7. The molecule has 0 heterocycles. The van der Waals surface area contributed by atoms with Gasteiger partial charge in [-0.3, -0.25) is 14.9 Å². The monoisotopic (exact) mass is 297 g/mol. The summed E-state index contributed by atoms with van der Waals surface area (Å²) in [5.41, 5.74) is 1.30. The molecule has 2 aromatic carbocycles. The molecule has 0 aliphatic carbocycles. The van der Waals surface area contributed by atoms with Crippen molar-refractivity contribution in [3.8, 4) is 0 Å². The highest BCUT2D eigenvalue weighted by molar-refractivity contribution is 5.99. The molecule has 0 aliphatic heterocycles. The SMILES string of the molecule is O=C(C/C=N/OC(=O)Nc1ccccc1)Nc1ccccc1. The minimum Gasteiger partial charge on any atom is -0.326 e. The van der Waals surface area contributed by atoms with Crippen LogP contribution in [0.2, 0.25) is 0 Å². The topological polar surface area (TPSA) is 79.8 Å². The summed E-state index contributed by atoms with van der Waals surface area (Å²) in [5, 5.41) is 8.63. The van der Waals surface area contributed by atoms with Crippen LogP contribution in [0, 0.1) is 0 Å². The number of rotatable bonds is 5. The lowest BCUT2D eigenvalue weighted by molar-refractivity contribution is -0.115. The first-order chi connectivity index (χ1) is 10.7. The lowest BCUT2D eigenvalue weighted by Crippen LogP contribution is -2.13. The van der Waals surface area contributed by atoms with Gasteiger partial charge in [-0.2, -0.15) is 0 Å². The number of hydrogen-bond acceptors (Lipinski definition) is 4. The van der Waals surface area contributed by atoms with Crippen LogP contribution in [0.1, 0.15) is 6.42 Å². The second kappa shape index (κ2) is 8.21. The van der Waals surface area contributed by atoms with Gasteiger partial charge in [0.2, 0.25) is 5.91 Å². The number of benzene rings is 2. The molecule has 0 radical (unpaired) electrons. The summed E-state index contributed by atoms with van der Waals surface area (Å²) in [5.74, 6) is -0.248. The molecular formula is C16H15N3O3. The van der Waals surface area contributed by atoms with Crippen LogP contribution in [-0.4, -0.2) is 18.2 Å². The van der Waals surface area contributed by atoms with Crippen molar-refractivity contribution in [3.63, 3.8) is 0 Å². The van der Waals surface area contributed by atoms with E-state index in [4.69, 9.17) is 0 Å². The first kappa shape index (κ1) is 15.2. The Morgan fingerprint density at radius 2 is 1.45 bits per heavy atom. The minimum absolute atomic E-state index is 0.00745. The predicted octanol–water partition coefficient (Wildman–Crippen LogP) is 3.25. The Labute approximate surface area is 127 Å². The smallest absolute Gasteiger partial charge is 0.326 e. The van der Waals surface area contributed by atoms with Gasteiger partial charge in [0.15, 0.2) is 0 Å². The van der Waals surface area contributed by atoms with Gasteiger partial charge in [-0.05, 0) is 24.3 Å². The maximum absolute atomic E-state index is 11.6. The van der Waals surface area contributed by atoms with E-state index in [1.807, 2.05) is 24.3 Å². The molecule has 0 spiro atoms. The van der Waals surface area contributed by atoms with Crippen molar-refractivity contribution in [2.24, 2.45) is 5.16 Å². The third-order valence-corrected chi connectivity index (χ3v) is 2.56. The molecule has 0 fully saturated rings. The summed E-state index contributed by atoms with van der Waals surface area (Å²) in [6.07, 6.45) is 0.516. The fraction of sp³-hybridized carbons (Fsp3) is 0.0625. The summed E-state index contributed by atoms with van der Waals surface area (Å²) >= 11 is 0. The van der Waals surface area contributed by atoms with Gasteiger partial charge in [0.25, 0.3) is 0 Å². The molecule has 112 valence electrons. The van der Waals surface area contributed by atoms with Crippen LogP contribution in [0.3, 0.4) is 0 Å². The van der Waals surface area contributed by atoms with Crippen LogP contribution in [-0.2, 0) is 9.63 Å². The van der Waals surface area contributed by atoms with E-state index < -0.39 is 6.09 Å². The molecule has 2 rings (SSSR count). The van der Waals surface area contributed by atoms with E-state index in [-0.39, 0.29) is 12.3 Å². The van der Waals surface area contributed by atoms with E-state index in [1.54, 1.807) is 36.4 Å². The molecule has 0 aliphatic rings. The summed E-state index contributed by atoms with van der Waals surface area (Å²) in [4.78, 5) is 27.6. The Hall–Kier alpha value is -3.15. The molecule has 0 unspecified atom stereocenters. The van der Waals surface area contributed by atoms with Crippen LogP contribution in [0.5, 0.6) is 0 Å². The van der Waals surface area contributed by atoms with E-state index in [2.05, 4.69) is 20.6 Å². The van der Waals surface area contributed by atoms with Crippen LogP contribution in [0.15, 0.2) is 65.8 Å². The van der Waals surface area contributed by atoms with Crippen molar-refractivity contribution in [1.82, 2.24) is 0 Å². The van der Waals surface area contributed by atoms with Crippen LogP contribution < -0.4 is 10.6 Å². The highest BCUT2D eigenvalue weighted by atomic mass is 16.7. The number of hydrogen-bond donors (Lipinski definition) is 2. The fourth-order valence-electron chi connectivity index (χ4n) is 1.60. The van der Waals surface area contributed by atoms with Gasteiger partial charge >= 0.3 is 6.09 Å². The zero-order valence-corrected chi connectivity index (χ0v) is 11.7. The summed E-state index contributed by atoms with van der Waals surface area (Å²) < 4.78 is 0. The number of nitrogens with one attached hydrogen (secondary N) is 2. The Bertz CT molecular complexity index is 585. The average Bonchev–Trinajstić information content (AvgIpc) is 2.53. The molecule has 2 N–H and O–H groups in total. The molecule has 6 heteroatoms. The highest BCUT2D eigenvalue weighted by Gasteiger charge is 2.02. The second-order valence-corrected chi connectivity index (χ2v) is 4.28. The van der Waals surface area contributed by atoms with Crippen molar-refractivity contribution in [3.05, 3.63) is 60.7 Å². The van der Waals surface area contributed by atoms with Gasteiger partial charge in [-0.1, -0.05) is 41.6 Å². The third-order valence-electron chi connectivity index (χ3n) is 2.56. The normalized spacial score (nSPS) is 10.2. The summed E-state index contributed by atoms with van der Waals surface area (Å²) in [6, 6.07) is 17.9. The largest absolute Gasteiger partial charge is 0.437 e. The number of nitrogens with zero attached hydrogens (tertiary/aromatic N) is 1. The van der Waals surface area contributed by atoms with Gasteiger partial charge in [0, 0.05) is 11.4 Å². The molecule has 0 atom stereocenters. The molecule has 2 aromatic rings. The zero-order chi connectivity index (χ0) is 15.6. The van der Waals surface area contributed by atoms with E-state index in [9.17, 15) is 9.59 Å². The molecule has 0 saturated heterocycles. The quantitative estimate of drug-likeness (QED) is 0.505. The Kier molecular flexibility index (Phi) is 5.69. The van der Waals surface area contributed by atoms with Gasteiger partial charge < -0.3 is 5.32 Å². The second-order valence-electron chi connectivity index (χ2n) is 4.28. The number of para-hydroxylation sites is 2. The first-order valence-corrected chi connectivity index (χ1v) is 6.64. The molecule has 2 amide bonds. The fourth-order valence-corrected chi connectivity index (χ4v) is 1.60. The summed E-state index contributed by atoms with van der Waals surface area (Å²) in [7, 11) is 0. The Morgan fingerprint density at radius 3 is 2.05 bits per heavy atom. The van der Waals surface area contributed by atoms with E-state index in [1.165, 1.54) is 6.21 Å². The van der Waals surface area contributed by atoms with Crippen molar-refractivity contribution in [2.75, 3.05) is 10.6 Å². The molecular weight excluding hydrogens is 282 g/mol. The first-order valence-electron chi connectivity index (χ1n) is 6.64. The Balaban J connectivity index is 1.69. The van der Waals surface area contributed by atoms with Crippen molar-refractivity contribution < 1.29 is 14.4 Å². The number of oxime groups is 1. The third kappa shape index (κ3) is 5.46. The minimum atomic E-state index is -0.717. The molecule has 22 heavy (non-hydrogen) atoms. The molecule has 6 nitrogen and oxygen atoms in total.